The van der Waals surface area contributed by atoms with Gasteiger partial charge in [-0.15, -0.1) is 0 Å². The van der Waals surface area contributed by atoms with Crippen molar-refractivity contribution in [1.29, 1.82) is 0 Å². The van der Waals surface area contributed by atoms with E-state index in [-0.39, 0.29) is 12.1 Å². The molecule has 2 aromatic carbocycles. The maximum absolute atomic E-state index is 12.6. The lowest BCUT2D eigenvalue weighted by Gasteiger charge is -2.09. The molecule has 25 heavy (non-hydrogen) atoms. The molecule has 0 unspecified atom stereocenters. The van der Waals surface area contributed by atoms with Crippen LogP contribution in [0.25, 0.3) is 0 Å². The molecule has 2 N–H and O–H groups in total. The molecule has 0 fully saturated rings. The van der Waals surface area contributed by atoms with Crippen LogP contribution in [-0.4, -0.2) is 15.5 Å². The summed E-state index contributed by atoms with van der Waals surface area (Å²) in [5.41, 5.74) is -0.290. The molecule has 0 saturated carbocycles. The van der Waals surface area contributed by atoms with E-state index in [0.717, 1.165) is 10.8 Å². The molecule has 0 aliphatic carbocycles. The highest BCUT2D eigenvalue weighted by Crippen LogP contribution is 2.15. The van der Waals surface area contributed by atoms with Gasteiger partial charge in [-0.3, -0.25) is 14.2 Å². The third kappa shape index (κ3) is 3.70. The summed E-state index contributed by atoms with van der Waals surface area (Å²) in [6, 6.07) is 15.6. The normalized spacial score (nSPS) is 10.4. The van der Waals surface area contributed by atoms with Gasteiger partial charge in [0.2, 0.25) is 0 Å². The van der Waals surface area contributed by atoms with Crippen molar-refractivity contribution in [3.05, 3.63) is 97.8 Å². The molecule has 1 heterocycles. The number of amides is 1. The van der Waals surface area contributed by atoms with Crippen LogP contribution in [0.1, 0.15) is 15.9 Å². The number of aromatic nitrogens is 2. The third-order valence-corrected chi connectivity index (χ3v) is 3.99. The number of aromatic amines is 1. The Kier molecular flexibility index (Phi) is 4.81. The van der Waals surface area contributed by atoms with Crippen molar-refractivity contribution in [2.75, 3.05) is 5.32 Å². The van der Waals surface area contributed by atoms with Crippen LogP contribution in [0.4, 0.5) is 5.69 Å². The van der Waals surface area contributed by atoms with Crippen LogP contribution in [0, 0.1) is 0 Å². The Morgan fingerprint density at radius 2 is 1.72 bits per heavy atom. The number of carbonyl (C=O) groups is 1. The summed E-state index contributed by atoms with van der Waals surface area (Å²) >= 11 is 6.08. The highest BCUT2D eigenvalue weighted by molar-refractivity contribution is 6.31. The lowest BCUT2D eigenvalue weighted by Crippen LogP contribution is -2.39. The molecule has 1 aromatic heterocycles. The van der Waals surface area contributed by atoms with Gasteiger partial charge in [0.25, 0.3) is 11.5 Å². The number of para-hydroxylation sites is 1. The molecule has 1 amide bonds. The summed E-state index contributed by atoms with van der Waals surface area (Å²) in [6.45, 7) is -0.0275. The van der Waals surface area contributed by atoms with Crippen LogP contribution < -0.4 is 16.6 Å². The predicted molar refractivity (Wildman–Crippen MR) is 96.3 cm³/mol. The van der Waals surface area contributed by atoms with E-state index in [1.54, 1.807) is 48.5 Å². The Labute approximate surface area is 147 Å². The van der Waals surface area contributed by atoms with E-state index in [0.29, 0.717) is 16.3 Å². The largest absolute Gasteiger partial charge is 0.328 e. The zero-order valence-electron chi connectivity index (χ0n) is 13.0. The number of halogens is 1. The number of rotatable bonds is 4. The summed E-state index contributed by atoms with van der Waals surface area (Å²) in [6.07, 6.45) is 1.12. The Morgan fingerprint density at radius 3 is 2.44 bits per heavy atom. The second-order valence-electron chi connectivity index (χ2n) is 5.31. The van der Waals surface area contributed by atoms with Gasteiger partial charge in [0.1, 0.15) is 5.56 Å². The highest BCUT2D eigenvalue weighted by Gasteiger charge is 2.15. The van der Waals surface area contributed by atoms with E-state index in [2.05, 4.69) is 10.3 Å². The van der Waals surface area contributed by atoms with Crippen molar-refractivity contribution >= 4 is 23.2 Å². The minimum absolute atomic E-state index is 0.0275. The fourth-order valence-corrected chi connectivity index (χ4v) is 2.53. The van der Waals surface area contributed by atoms with E-state index in [4.69, 9.17) is 11.6 Å². The van der Waals surface area contributed by atoms with Gasteiger partial charge in [-0.1, -0.05) is 48.0 Å². The summed E-state index contributed by atoms with van der Waals surface area (Å²) in [5, 5.41) is 3.06. The third-order valence-electron chi connectivity index (χ3n) is 3.62. The number of anilines is 1. The van der Waals surface area contributed by atoms with Gasteiger partial charge in [0, 0.05) is 16.9 Å². The maximum Gasteiger partial charge on any atom is 0.328 e. The topological polar surface area (TPSA) is 84.0 Å². The smallest absolute Gasteiger partial charge is 0.322 e. The zero-order chi connectivity index (χ0) is 17.8. The summed E-state index contributed by atoms with van der Waals surface area (Å²) in [5.74, 6) is -0.597. The molecule has 0 atom stereocenters. The Bertz CT molecular complexity index is 1030. The van der Waals surface area contributed by atoms with Gasteiger partial charge >= 0.3 is 5.69 Å². The molecule has 126 valence electrons. The van der Waals surface area contributed by atoms with Crippen LogP contribution in [0.15, 0.2) is 70.4 Å². The van der Waals surface area contributed by atoms with Gasteiger partial charge in [-0.25, -0.2) is 4.79 Å². The van der Waals surface area contributed by atoms with E-state index in [1.807, 2.05) is 6.07 Å². The molecule has 0 aliphatic heterocycles. The summed E-state index contributed by atoms with van der Waals surface area (Å²) < 4.78 is 0.946. The van der Waals surface area contributed by atoms with E-state index < -0.39 is 17.2 Å². The highest BCUT2D eigenvalue weighted by atomic mass is 35.5. The second kappa shape index (κ2) is 7.19. The Hall–Kier alpha value is -3.12. The first kappa shape index (κ1) is 16.7. The van der Waals surface area contributed by atoms with Crippen LogP contribution in [0.2, 0.25) is 5.02 Å². The average Bonchev–Trinajstić information content (AvgIpc) is 2.61. The standard InChI is InChI=1S/C18H14ClN3O3/c19-15-9-5-4-6-12(15)11-22-17(24)14(10-20-18(22)25)16(23)21-13-7-2-1-3-8-13/h1-10H,11H2,(H,20,25)(H,21,23). The number of hydrogen-bond donors (Lipinski definition) is 2. The molecule has 0 saturated heterocycles. The summed E-state index contributed by atoms with van der Waals surface area (Å²) in [7, 11) is 0. The van der Waals surface area contributed by atoms with E-state index >= 15 is 0 Å². The Morgan fingerprint density at radius 1 is 1.04 bits per heavy atom. The molecule has 0 aliphatic rings. The monoisotopic (exact) mass is 355 g/mol. The van der Waals surface area contributed by atoms with Crippen molar-refractivity contribution in [3.63, 3.8) is 0 Å². The fourth-order valence-electron chi connectivity index (χ4n) is 2.33. The quantitative estimate of drug-likeness (QED) is 0.754. The van der Waals surface area contributed by atoms with Gasteiger partial charge < -0.3 is 10.3 Å². The minimum Gasteiger partial charge on any atom is -0.322 e. The Balaban J connectivity index is 1.95. The molecular formula is C18H14ClN3O3. The number of H-pyrrole nitrogens is 1. The fraction of sp³-hybridized carbons (Fsp3) is 0.0556. The number of carbonyl (C=O) groups excluding carboxylic acids is 1. The van der Waals surface area contributed by atoms with Crippen molar-refractivity contribution in [3.8, 4) is 0 Å². The molecule has 6 nitrogen and oxygen atoms in total. The molecule has 0 bridgehead atoms. The van der Waals surface area contributed by atoms with E-state index in [1.165, 1.54) is 0 Å². The number of nitrogens with zero attached hydrogens (tertiary/aromatic N) is 1. The van der Waals surface area contributed by atoms with Gasteiger partial charge in [-0.05, 0) is 23.8 Å². The molecular weight excluding hydrogens is 342 g/mol. The van der Waals surface area contributed by atoms with Gasteiger partial charge in [0.15, 0.2) is 0 Å². The lowest BCUT2D eigenvalue weighted by atomic mass is 10.2. The van der Waals surface area contributed by atoms with Crippen LogP contribution in [0.3, 0.4) is 0 Å². The minimum atomic E-state index is -0.683. The first-order chi connectivity index (χ1) is 12.1. The summed E-state index contributed by atoms with van der Waals surface area (Å²) in [4.78, 5) is 39.4. The van der Waals surface area contributed by atoms with Crippen molar-refractivity contribution in [1.82, 2.24) is 9.55 Å². The first-order valence-electron chi connectivity index (χ1n) is 7.48. The van der Waals surface area contributed by atoms with Crippen molar-refractivity contribution < 1.29 is 4.79 Å². The van der Waals surface area contributed by atoms with Crippen LogP contribution >= 0.6 is 11.6 Å². The van der Waals surface area contributed by atoms with Gasteiger partial charge in [-0.2, -0.15) is 0 Å². The number of benzene rings is 2. The molecule has 7 heteroatoms. The van der Waals surface area contributed by atoms with Crippen LogP contribution in [-0.2, 0) is 6.54 Å². The SMILES string of the molecule is O=C(Nc1ccccc1)c1c[nH]c(=O)n(Cc2ccccc2Cl)c1=O. The average molecular weight is 356 g/mol. The van der Waals surface area contributed by atoms with Crippen molar-refractivity contribution in [2.45, 2.75) is 6.54 Å². The predicted octanol–water partition coefficient (Wildman–Crippen LogP) is 2.49. The second-order valence-corrected chi connectivity index (χ2v) is 5.72. The number of nitrogens with one attached hydrogen (secondary N) is 2. The van der Waals surface area contributed by atoms with Crippen LogP contribution in [0.5, 0.6) is 0 Å². The maximum atomic E-state index is 12.6. The molecule has 0 spiro atoms. The zero-order valence-corrected chi connectivity index (χ0v) is 13.8. The number of hydrogen-bond acceptors (Lipinski definition) is 3. The first-order valence-corrected chi connectivity index (χ1v) is 7.86. The lowest BCUT2D eigenvalue weighted by molar-refractivity contribution is 0.102. The van der Waals surface area contributed by atoms with Crippen molar-refractivity contribution in [2.24, 2.45) is 0 Å². The molecule has 0 radical (unpaired) electrons. The molecule has 3 rings (SSSR count). The van der Waals surface area contributed by atoms with Gasteiger partial charge in [0.05, 0.1) is 6.54 Å². The molecule has 3 aromatic rings. The van der Waals surface area contributed by atoms with E-state index in [9.17, 15) is 14.4 Å².